The molecule has 0 spiro atoms. The average molecular weight is 312 g/mol. The van der Waals surface area contributed by atoms with E-state index in [1.165, 1.54) is 0 Å². The number of hydrogen-bond donors (Lipinski definition) is 2. The van der Waals surface area contributed by atoms with Crippen molar-refractivity contribution in [3.05, 3.63) is 11.6 Å². The molecule has 0 aromatic carbocycles. The van der Waals surface area contributed by atoms with Crippen LogP contribution in [0.25, 0.3) is 0 Å². The molecule has 2 heterocycles. The lowest BCUT2D eigenvalue weighted by molar-refractivity contribution is -0.146. The largest absolute Gasteiger partial charge is 0.481 e. The first-order valence-corrected chi connectivity index (χ1v) is 7.69. The lowest BCUT2D eigenvalue weighted by Crippen LogP contribution is -2.53. The van der Waals surface area contributed by atoms with E-state index in [4.69, 9.17) is 5.11 Å². The second kappa shape index (κ2) is 6.30. The van der Waals surface area contributed by atoms with Gasteiger partial charge in [-0.15, -0.1) is 11.3 Å². The van der Waals surface area contributed by atoms with Gasteiger partial charge in [-0.05, 0) is 13.8 Å². The minimum Gasteiger partial charge on any atom is -0.481 e. The number of rotatable bonds is 4. The summed E-state index contributed by atoms with van der Waals surface area (Å²) in [5, 5.41) is 14.6. The molecule has 1 fully saturated rings. The molecule has 0 saturated carbocycles. The van der Waals surface area contributed by atoms with Crippen molar-refractivity contribution in [3.63, 3.8) is 0 Å². The van der Waals surface area contributed by atoms with E-state index in [0.29, 0.717) is 13.1 Å². The van der Waals surface area contributed by atoms with Crippen molar-refractivity contribution in [1.82, 2.24) is 15.2 Å². The Morgan fingerprint density at radius 2 is 2.05 bits per heavy atom. The van der Waals surface area contributed by atoms with Gasteiger partial charge in [0.2, 0.25) is 0 Å². The highest BCUT2D eigenvalue weighted by Gasteiger charge is 2.29. The number of nitrogens with one attached hydrogen (secondary N) is 1. The van der Waals surface area contributed by atoms with Crippen molar-refractivity contribution in [2.75, 3.05) is 37.6 Å². The summed E-state index contributed by atoms with van der Waals surface area (Å²) in [7, 11) is 0. The second-order valence-electron chi connectivity index (χ2n) is 5.64. The number of carbonyl (C=O) groups excluding carboxylic acids is 1. The van der Waals surface area contributed by atoms with E-state index in [2.05, 4.69) is 15.2 Å². The van der Waals surface area contributed by atoms with Crippen molar-refractivity contribution in [1.29, 1.82) is 0 Å². The number of thiazole rings is 1. The molecular weight excluding hydrogens is 292 g/mol. The van der Waals surface area contributed by atoms with Gasteiger partial charge in [0.25, 0.3) is 0 Å². The smallest absolute Gasteiger partial charge is 0.317 e. The van der Waals surface area contributed by atoms with Gasteiger partial charge in [-0.1, -0.05) is 0 Å². The zero-order valence-corrected chi connectivity index (χ0v) is 13.0. The Balaban J connectivity index is 1.79. The van der Waals surface area contributed by atoms with Crippen LogP contribution in [0.15, 0.2) is 11.6 Å². The van der Waals surface area contributed by atoms with Gasteiger partial charge in [-0.2, -0.15) is 0 Å². The Morgan fingerprint density at radius 1 is 1.38 bits per heavy atom. The molecule has 1 aromatic heterocycles. The maximum atomic E-state index is 12.1. The number of amides is 2. The molecule has 1 aliphatic rings. The van der Waals surface area contributed by atoms with Crippen LogP contribution in [-0.4, -0.2) is 59.7 Å². The Bertz CT molecular complexity index is 496. The van der Waals surface area contributed by atoms with Gasteiger partial charge in [0.05, 0.1) is 5.41 Å². The minimum absolute atomic E-state index is 0.119. The molecule has 0 atom stereocenters. The Labute approximate surface area is 127 Å². The molecule has 2 N–H and O–H groups in total. The number of hydrogen-bond acceptors (Lipinski definition) is 5. The molecule has 1 saturated heterocycles. The number of piperazine rings is 1. The summed E-state index contributed by atoms with van der Waals surface area (Å²) in [5.74, 6) is -0.920. The molecule has 21 heavy (non-hydrogen) atoms. The van der Waals surface area contributed by atoms with Crippen molar-refractivity contribution in [2.24, 2.45) is 5.41 Å². The van der Waals surface area contributed by atoms with Crippen LogP contribution in [0.4, 0.5) is 9.93 Å². The molecule has 0 unspecified atom stereocenters. The summed E-state index contributed by atoms with van der Waals surface area (Å²) in [6, 6.07) is -0.205. The molecule has 0 bridgehead atoms. The fourth-order valence-corrected chi connectivity index (χ4v) is 2.65. The predicted octanol–water partition coefficient (Wildman–Crippen LogP) is 1.09. The summed E-state index contributed by atoms with van der Waals surface area (Å²) in [5.41, 5.74) is -0.960. The highest BCUT2D eigenvalue weighted by atomic mass is 32.1. The normalized spacial score (nSPS) is 15.9. The molecule has 2 rings (SSSR count). The summed E-state index contributed by atoms with van der Waals surface area (Å²) in [4.78, 5) is 31.2. The molecule has 1 aliphatic heterocycles. The number of carbonyl (C=O) groups is 2. The summed E-state index contributed by atoms with van der Waals surface area (Å²) < 4.78 is 0. The first-order chi connectivity index (χ1) is 9.90. The van der Waals surface area contributed by atoms with E-state index in [1.54, 1.807) is 36.3 Å². The number of carboxylic acid groups (broad SMARTS) is 1. The zero-order chi connectivity index (χ0) is 15.5. The highest BCUT2D eigenvalue weighted by Crippen LogP contribution is 2.19. The van der Waals surface area contributed by atoms with Gasteiger partial charge in [0.15, 0.2) is 5.13 Å². The second-order valence-corrected chi connectivity index (χ2v) is 6.51. The fourth-order valence-electron chi connectivity index (χ4n) is 1.96. The van der Waals surface area contributed by atoms with Crippen molar-refractivity contribution in [2.45, 2.75) is 13.8 Å². The zero-order valence-electron chi connectivity index (χ0n) is 12.2. The molecular formula is C13H20N4O3S. The van der Waals surface area contributed by atoms with Crippen LogP contribution in [0.1, 0.15) is 13.8 Å². The van der Waals surface area contributed by atoms with E-state index in [9.17, 15) is 9.59 Å². The van der Waals surface area contributed by atoms with Crippen LogP contribution in [0.3, 0.4) is 0 Å². The van der Waals surface area contributed by atoms with Gasteiger partial charge in [-0.25, -0.2) is 9.78 Å². The van der Waals surface area contributed by atoms with Crippen LogP contribution in [0.5, 0.6) is 0 Å². The Kier molecular flexibility index (Phi) is 4.66. The molecule has 0 aliphatic carbocycles. The topological polar surface area (TPSA) is 85.8 Å². The van der Waals surface area contributed by atoms with Crippen molar-refractivity contribution < 1.29 is 14.7 Å². The van der Waals surface area contributed by atoms with E-state index in [-0.39, 0.29) is 12.6 Å². The van der Waals surface area contributed by atoms with Crippen LogP contribution in [0, 0.1) is 5.41 Å². The third kappa shape index (κ3) is 3.84. The molecule has 8 heteroatoms. The third-order valence-corrected chi connectivity index (χ3v) is 4.35. The lowest BCUT2D eigenvalue weighted by Gasteiger charge is -2.35. The standard InChI is InChI=1S/C13H20N4O3S/c1-13(2,10(18)19)9-15-11(20)16-4-6-17(7-5-16)12-14-3-8-21-12/h3,8H,4-7,9H2,1-2H3,(H,15,20)(H,18,19). The van der Waals surface area contributed by atoms with Gasteiger partial charge >= 0.3 is 12.0 Å². The summed E-state index contributed by atoms with van der Waals surface area (Å²) in [6.45, 7) is 6.00. The minimum atomic E-state index is -0.960. The van der Waals surface area contributed by atoms with E-state index < -0.39 is 11.4 Å². The van der Waals surface area contributed by atoms with Gasteiger partial charge < -0.3 is 20.2 Å². The fraction of sp³-hybridized carbons (Fsp3) is 0.615. The van der Waals surface area contributed by atoms with Crippen LogP contribution in [0.2, 0.25) is 0 Å². The molecule has 116 valence electrons. The van der Waals surface area contributed by atoms with E-state index >= 15 is 0 Å². The van der Waals surface area contributed by atoms with Crippen LogP contribution < -0.4 is 10.2 Å². The highest BCUT2D eigenvalue weighted by molar-refractivity contribution is 7.13. The lowest BCUT2D eigenvalue weighted by atomic mass is 9.94. The maximum absolute atomic E-state index is 12.1. The first kappa shape index (κ1) is 15.6. The van der Waals surface area contributed by atoms with Crippen molar-refractivity contribution in [3.8, 4) is 0 Å². The predicted molar refractivity (Wildman–Crippen MR) is 80.7 cm³/mol. The third-order valence-electron chi connectivity index (χ3n) is 3.52. The number of anilines is 1. The summed E-state index contributed by atoms with van der Waals surface area (Å²) in [6.07, 6.45) is 1.77. The molecule has 2 amide bonds. The van der Waals surface area contributed by atoms with Crippen molar-refractivity contribution >= 4 is 28.5 Å². The summed E-state index contributed by atoms with van der Waals surface area (Å²) >= 11 is 1.59. The molecule has 0 radical (unpaired) electrons. The van der Waals surface area contributed by atoms with Gasteiger partial charge in [0, 0.05) is 44.3 Å². The first-order valence-electron chi connectivity index (χ1n) is 6.81. The van der Waals surface area contributed by atoms with Crippen LogP contribution in [-0.2, 0) is 4.79 Å². The number of carboxylic acids is 1. The van der Waals surface area contributed by atoms with E-state index in [1.807, 2.05) is 5.38 Å². The molecule has 7 nitrogen and oxygen atoms in total. The number of aliphatic carboxylic acids is 1. The van der Waals surface area contributed by atoms with Gasteiger partial charge in [0.1, 0.15) is 0 Å². The maximum Gasteiger partial charge on any atom is 0.317 e. The number of aromatic nitrogens is 1. The molecule has 1 aromatic rings. The van der Waals surface area contributed by atoms with Crippen LogP contribution >= 0.6 is 11.3 Å². The van der Waals surface area contributed by atoms with Gasteiger partial charge in [-0.3, -0.25) is 4.79 Å². The number of nitrogens with zero attached hydrogens (tertiary/aromatic N) is 3. The SMILES string of the molecule is CC(C)(CNC(=O)N1CCN(c2nccs2)CC1)C(=O)O. The van der Waals surface area contributed by atoms with E-state index in [0.717, 1.165) is 18.2 Å². The Morgan fingerprint density at radius 3 is 2.57 bits per heavy atom. The quantitative estimate of drug-likeness (QED) is 0.869. The number of urea groups is 1. The Hall–Kier alpha value is -1.83. The average Bonchev–Trinajstić information content (AvgIpc) is 2.99. The monoisotopic (exact) mass is 312 g/mol.